The zero-order chi connectivity index (χ0) is 10.7. The molecule has 0 radical (unpaired) electrons. The second-order valence-electron chi connectivity index (χ2n) is 4.49. The predicted octanol–water partition coefficient (Wildman–Crippen LogP) is 3.69. The first-order valence-corrected chi connectivity index (χ1v) is 6.54. The number of benzene rings is 1. The smallest absolute Gasteiger partial charge is 0.0178 e. The van der Waals surface area contributed by atoms with Gasteiger partial charge in [-0.25, -0.2) is 0 Å². The molecule has 1 nitrogen and oxygen atoms in total. The van der Waals surface area contributed by atoms with Crippen LogP contribution in [0.1, 0.15) is 37.7 Å². The summed E-state index contributed by atoms with van der Waals surface area (Å²) in [6.07, 6.45) is 3.95. The van der Waals surface area contributed by atoms with Gasteiger partial charge in [-0.3, -0.25) is 0 Å². The molecular formula is C13H18BrN. The maximum absolute atomic E-state index is 3.56. The van der Waals surface area contributed by atoms with E-state index in [2.05, 4.69) is 52.4 Å². The van der Waals surface area contributed by atoms with E-state index in [4.69, 9.17) is 0 Å². The van der Waals surface area contributed by atoms with E-state index in [9.17, 15) is 0 Å². The van der Waals surface area contributed by atoms with Crippen molar-refractivity contribution in [1.82, 2.24) is 5.32 Å². The van der Waals surface area contributed by atoms with Crippen molar-refractivity contribution in [3.63, 3.8) is 0 Å². The number of nitrogens with one attached hydrogen (secondary N) is 1. The fraction of sp³-hybridized carbons (Fsp3) is 0.538. The van der Waals surface area contributed by atoms with Crippen molar-refractivity contribution in [2.45, 2.75) is 38.1 Å². The van der Waals surface area contributed by atoms with E-state index in [1.54, 1.807) is 0 Å². The van der Waals surface area contributed by atoms with E-state index < -0.39 is 0 Å². The molecule has 82 valence electrons. The van der Waals surface area contributed by atoms with Crippen LogP contribution in [-0.2, 0) is 0 Å². The summed E-state index contributed by atoms with van der Waals surface area (Å²) < 4.78 is 1.19. The summed E-state index contributed by atoms with van der Waals surface area (Å²) in [4.78, 5) is 0. The van der Waals surface area contributed by atoms with Crippen LogP contribution in [0.5, 0.6) is 0 Å². The molecule has 15 heavy (non-hydrogen) atoms. The number of halogens is 1. The van der Waals surface area contributed by atoms with Crippen molar-refractivity contribution in [3.05, 3.63) is 34.3 Å². The lowest BCUT2D eigenvalue weighted by Gasteiger charge is -2.17. The largest absolute Gasteiger partial charge is 0.314 e. The van der Waals surface area contributed by atoms with E-state index in [0.29, 0.717) is 5.92 Å². The molecule has 1 N–H and O–H groups in total. The van der Waals surface area contributed by atoms with Gasteiger partial charge in [0.25, 0.3) is 0 Å². The number of rotatable bonds is 3. The maximum Gasteiger partial charge on any atom is 0.0178 e. The highest BCUT2D eigenvalue weighted by Crippen LogP contribution is 2.25. The molecule has 1 saturated heterocycles. The summed E-state index contributed by atoms with van der Waals surface area (Å²) in [5.74, 6) is 0.651. The molecule has 0 spiro atoms. The lowest BCUT2D eigenvalue weighted by atomic mass is 9.93. The molecule has 0 aromatic heterocycles. The molecule has 2 unspecified atom stereocenters. The van der Waals surface area contributed by atoms with Crippen molar-refractivity contribution in [1.29, 1.82) is 0 Å². The van der Waals surface area contributed by atoms with Gasteiger partial charge in [0.15, 0.2) is 0 Å². The maximum atomic E-state index is 3.56. The third-order valence-electron chi connectivity index (χ3n) is 3.22. The van der Waals surface area contributed by atoms with Crippen LogP contribution in [0.15, 0.2) is 28.7 Å². The minimum absolute atomic E-state index is 0.651. The molecule has 1 heterocycles. The van der Waals surface area contributed by atoms with Gasteiger partial charge in [-0.2, -0.15) is 0 Å². The quantitative estimate of drug-likeness (QED) is 0.881. The van der Waals surface area contributed by atoms with Crippen LogP contribution in [0, 0.1) is 0 Å². The Hall–Kier alpha value is -0.340. The van der Waals surface area contributed by atoms with Gasteiger partial charge in [-0.1, -0.05) is 35.0 Å². The Morgan fingerprint density at radius 2 is 2.40 bits per heavy atom. The highest BCUT2D eigenvalue weighted by molar-refractivity contribution is 9.10. The molecule has 2 rings (SSSR count). The third-order valence-corrected chi connectivity index (χ3v) is 3.71. The van der Waals surface area contributed by atoms with Gasteiger partial charge in [0, 0.05) is 10.5 Å². The Labute approximate surface area is 100 Å². The first kappa shape index (κ1) is 11.2. The molecule has 1 aliphatic heterocycles. The van der Waals surface area contributed by atoms with Crippen LogP contribution in [0.4, 0.5) is 0 Å². The summed E-state index contributed by atoms with van der Waals surface area (Å²) >= 11 is 3.53. The van der Waals surface area contributed by atoms with Crippen LogP contribution in [0.25, 0.3) is 0 Å². The average molecular weight is 268 g/mol. The van der Waals surface area contributed by atoms with Crippen molar-refractivity contribution < 1.29 is 0 Å². The molecule has 2 atom stereocenters. The van der Waals surface area contributed by atoms with E-state index in [0.717, 1.165) is 6.04 Å². The van der Waals surface area contributed by atoms with E-state index in [-0.39, 0.29) is 0 Å². The molecule has 0 bridgehead atoms. The Morgan fingerprint density at radius 3 is 3.07 bits per heavy atom. The molecular weight excluding hydrogens is 250 g/mol. The van der Waals surface area contributed by atoms with Gasteiger partial charge in [-0.15, -0.1) is 0 Å². The predicted molar refractivity (Wildman–Crippen MR) is 68.2 cm³/mol. The SMILES string of the molecule is CC(CC1CCCN1)c1cccc(Br)c1. The van der Waals surface area contributed by atoms with E-state index >= 15 is 0 Å². The minimum atomic E-state index is 0.651. The second kappa shape index (κ2) is 5.13. The molecule has 0 amide bonds. The Balaban J connectivity index is 1.97. The molecule has 1 aromatic rings. The summed E-state index contributed by atoms with van der Waals surface area (Å²) in [5, 5.41) is 3.56. The first-order valence-electron chi connectivity index (χ1n) is 5.74. The van der Waals surface area contributed by atoms with Gasteiger partial charge in [0.1, 0.15) is 0 Å². The van der Waals surface area contributed by atoms with Gasteiger partial charge in [0.05, 0.1) is 0 Å². The van der Waals surface area contributed by atoms with E-state index in [1.807, 2.05) is 0 Å². The first-order chi connectivity index (χ1) is 7.25. The van der Waals surface area contributed by atoms with Crippen LogP contribution < -0.4 is 5.32 Å². The normalized spacial score (nSPS) is 22.9. The summed E-state index contributed by atoms with van der Waals surface area (Å²) in [6.45, 7) is 3.53. The second-order valence-corrected chi connectivity index (χ2v) is 5.40. The zero-order valence-corrected chi connectivity index (χ0v) is 10.8. The average Bonchev–Trinajstić information content (AvgIpc) is 2.70. The minimum Gasteiger partial charge on any atom is -0.314 e. The summed E-state index contributed by atoms with van der Waals surface area (Å²) in [7, 11) is 0. The van der Waals surface area contributed by atoms with E-state index in [1.165, 1.54) is 35.8 Å². The monoisotopic (exact) mass is 267 g/mol. The van der Waals surface area contributed by atoms with Crippen molar-refractivity contribution in [2.24, 2.45) is 0 Å². The molecule has 0 saturated carbocycles. The number of hydrogen-bond acceptors (Lipinski definition) is 1. The number of hydrogen-bond donors (Lipinski definition) is 1. The lowest BCUT2D eigenvalue weighted by molar-refractivity contribution is 0.510. The third kappa shape index (κ3) is 3.05. The highest BCUT2D eigenvalue weighted by Gasteiger charge is 2.17. The molecule has 1 aliphatic rings. The highest BCUT2D eigenvalue weighted by atomic mass is 79.9. The van der Waals surface area contributed by atoms with Crippen molar-refractivity contribution in [2.75, 3.05) is 6.54 Å². The van der Waals surface area contributed by atoms with Gasteiger partial charge in [0.2, 0.25) is 0 Å². The standard InChI is InChI=1S/C13H18BrN/c1-10(8-13-6-3-7-15-13)11-4-2-5-12(14)9-11/h2,4-5,9-10,13,15H,3,6-8H2,1H3. The van der Waals surface area contributed by atoms with Gasteiger partial charge >= 0.3 is 0 Å². The van der Waals surface area contributed by atoms with Gasteiger partial charge in [-0.05, 0) is 49.4 Å². The Kier molecular flexibility index (Phi) is 3.81. The molecule has 0 aliphatic carbocycles. The van der Waals surface area contributed by atoms with Gasteiger partial charge < -0.3 is 5.32 Å². The lowest BCUT2D eigenvalue weighted by Crippen LogP contribution is -2.23. The molecule has 1 aromatic carbocycles. The zero-order valence-electron chi connectivity index (χ0n) is 9.17. The Morgan fingerprint density at radius 1 is 1.53 bits per heavy atom. The fourth-order valence-corrected chi connectivity index (χ4v) is 2.75. The van der Waals surface area contributed by atoms with Crippen LogP contribution in [-0.4, -0.2) is 12.6 Å². The fourth-order valence-electron chi connectivity index (χ4n) is 2.33. The topological polar surface area (TPSA) is 12.0 Å². The summed E-state index contributed by atoms with van der Waals surface area (Å²) in [5.41, 5.74) is 1.44. The van der Waals surface area contributed by atoms with Crippen LogP contribution in [0.2, 0.25) is 0 Å². The van der Waals surface area contributed by atoms with Crippen LogP contribution in [0.3, 0.4) is 0 Å². The van der Waals surface area contributed by atoms with Crippen molar-refractivity contribution in [3.8, 4) is 0 Å². The molecule has 1 fully saturated rings. The van der Waals surface area contributed by atoms with Crippen LogP contribution >= 0.6 is 15.9 Å². The Bertz CT molecular complexity index is 318. The van der Waals surface area contributed by atoms with Crippen molar-refractivity contribution >= 4 is 15.9 Å². The summed E-state index contributed by atoms with van der Waals surface area (Å²) in [6, 6.07) is 9.41. The molecule has 2 heteroatoms.